The molecule has 0 aliphatic heterocycles. The number of hydrogen-bond donors (Lipinski definition) is 2. The van der Waals surface area contributed by atoms with Crippen molar-refractivity contribution in [2.75, 3.05) is 7.05 Å². The number of halogens is 1. The second kappa shape index (κ2) is 4.74. The predicted molar refractivity (Wildman–Crippen MR) is 59.6 cm³/mol. The molecule has 0 heterocycles. The Morgan fingerprint density at radius 1 is 1.31 bits per heavy atom. The first-order valence-corrected chi connectivity index (χ1v) is 5.12. The summed E-state index contributed by atoms with van der Waals surface area (Å²) >= 11 is 3.40. The minimum absolute atomic E-state index is 0.117. The SMILES string of the molecule is CNC(c1ccc(Br)cc1)C(C)N. The summed E-state index contributed by atoms with van der Waals surface area (Å²) in [7, 11) is 1.93. The molecule has 0 aliphatic carbocycles. The number of rotatable bonds is 3. The first kappa shape index (κ1) is 10.7. The molecule has 1 aromatic carbocycles. The summed E-state index contributed by atoms with van der Waals surface area (Å²) in [5.74, 6) is 0. The topological polar surface area (TPSA) is 38.0 Å². The summed E-state index contributed by atoms with van der Waals surface area (Å²) in [4.78, 5) is 0. The van der Waals surface area contributed by atoms with E-state index in [2.05, 4.69) is 33.4 Å². The largest absolute Gasteiger partial charge is 0.326 e. The summed E-state index contributed by atoms with van der Waals surface area (Å²) in [6.07, 6.45) is 0. The summed E-state index contributed by atoms with van der Waals surface area (Å²) in [5.41, 5.74) is 7.07. The highest BCUT2D eigenvalue weighted by Crippen LogP contribution is 2.18. The number of nitrogens with two attached hydrogens (primary N) is 1. The molecule has 3 N–H and O–H groups in total. The summed E-state index contributed by atoms with van der Waals surface area (Å²) in [6.45, 7) is 2.00. The zero-order valence-electron chi connectivity index (χ0n) is 7.92. The molecule has 0 aliphatic rings. The van der Waals surface area contributed by atoms with Gasteiger partial charge < -0.3 is 11.1 Å². The lowest BCUT2D eigenvalue weighted by Crippen LogP contribution is -2.33. The molecule has 0 spiro atoms. The molecular weight excluding hydrogens is 228 g/mol. The fourth-order valence-electron chi connectivity index (χ4n) is 1.40. The molecule has 0 amide bonds. The molecule has 0 fully saturated rings. The van der Waals surface area contributed by atoms with Gasteiger partial charge in [-0.1, -0.05) is 28.1 Å². The average Bonchev–Trinajstić information content (AvgIpc) is 2.09. The van der Waals surface area contributed by atoms with Crippen LogP contribution in [0.4, 0.5) is 0 Å². The molecule has 0 bridgehead atoms. The Bertz CT molecular complexity index is 256. The van der Waals surface area contributed by atoms with Gasteiger partial charge in [0, 0.05) is 16.6 Å². The molecule has 0 radical (unpaired) electrons. The summed E-state index contributed by atoms with van der Waals surface area (Å²) in [5, 5.41) is 3.20. The van der Waals surface area contributed by atoms with E-state index in [1.54, 1.807) is 0 Å². The Balaban J connectivity index is 2.86. The van der Waals surface area contributed by atoms with Crippen LogP contribution < -0.4 is 11.1 Å². The minimum Gasteiger partial charge on any atom is -0.326 e. The van der Waals surface area contributed by atoms with Gasteiger partial charge in [-0.05, 0) is 31.7 Å². The highest BCUT2D eigenvalue weighted by molar-refractivity contribution is 9.10. The number of benzene rings is 1. The van der Waals surface area contributed by atoms with E-state index in [0.29, 0.717) is 0 Å². The quantitative estimate of drug-likeness (QED) is 0.852. The second-order valence-electron chi connectivity index (χ2n) is 3.18. The maximum atomic E-state index is 5.84. The third-order valence-corrected chi connectivity index (χ3v) is 2.59. The van der Waals surface area contributed by atoms with Crippen molar-refractivity contribution in [3.8, 4) is 0 Å². The zero-order chi connectivity index (χ0) is 9.84. The second-order valence-corrected chi connectivity index (χ2v) is 4.09. The van der Waals surface area contributed by atoms with Crippen molar-refractivity contribution < 1.29 is 0 Å². The number of nitrogens with one attached hydrogen (secondary N) is 1. The molecule has 0 aromatic heterocycles. The van der Waals surface area contributed by atoms with Crippen LogP contribution >= 0.6 is 15.9 Å². The fourth-order valence-corrected chi connectivity index (χ4v) is 1.67. The number of hydrogen-bond acceptors (Lipinski definition) is 2. The molecule has 0 saturated heterocycles. The molecule has 13 heavy (non-hydrogen) atoms. The summed E-state index contributed by atoms with van der Waals surface area (Å²) in [6, 6.07) is 8.56. The first-order valence-electron chi connectivity index (χ1n) is 4.33. The van der Waals surface area contributed by atoms with Crippen molar-refractivity contribution in [2.24, 2.45) is 5.73 Å². The van der Waals surface area contributed by atoms with Gasteiger partial charge in [0.25, 0.3) is 0 Å². The van der Waals surface area contributed by atoms with E-state index in [4.69, 9.17) is 5.73 Å². The molecule has 1 rings (SSSR count). The molecular formula is C10H15BrN2. The van der Waals surface area contributed by atoms with Gasteiger partial charge in [-0.3, -0.25) is 0 Å². The minimum atomic E-state index is 0.117. The van der Waals surface area contributed by atoms with E-state index in [9.17, 15) is 0 Å². The zero-order valence-corrected chi connectivity index (χ0v) is 9.51. The average molecular weight is 243 g/mol. The van der Waals surface area contributed by atoms with Crippen LogP contribution in [0.5, 0.6) is 0 Å². The lowest BCUT2D eigenvalue weighted by molar-refractivity contribution is 0.504. The van der Waals surface area contributed by atoms with E-state index in [1.165, 1.54) is 5.56 Å². The molecule has 3 heteroatoms. The van der Waals surface area contributed by atoms with E-state index in [1.807, 2.05) is 26.1 Å². The van der Waals surface area contributed by atoms with Crippen molar-refractivity contribution in [1.82, 2.24) is 5.32 Å². The van der Waals surface area contributed by atoms with Gasteiger partial charge >= 0.3 is 0 Å². The lowest BCUT2D eigenvalue weighted by atomic mass is 10.0. The third-order valence-electron chi connectivity index (χ3n) is 2.07. The smallest absolute Gasteiger partial charge is 0.0468 e. The van der Waals surface area contributed by atoms with Crippen molar-refractivity contribution in [2.45, 2.75) is 19.0 Å². The van der Waals surface area contributed by atoms with E-state index in [-0.39, 0.29) is 12.1 Å². The highest BCUT2D eigenvalue weighted by Gasteiger charge is 2.12. The third kappa shape index (κ3) is 2.79. The van der Waals surface area contributed by atoms with Crippen LogP contribution in [-0.2, 0) is 0 Å². The molecule has 2 nitrogen and oxygen atoms in total. The van der Waals surface area contributed by atoms with Crippen molar-refractivity contribution in [1.29, 1.82) is 0 Å². The van der Waals surface area contributed by atoms with E-state index < -0.39 is 0 Å². The Hall–Kier alpha value is -0.380. The van der Waals surface area contributed by atoms with Crippen molar-refractivity contribution in [3.05, 3.63) is 34.3 Å². The van der Waals surface area contributed by atoms with Gasteiger partial charge in [0.1, 0.15) is 0 Å². The standard InChI is InChI=1S/C10H15BrN2/c1-7(12)10(13-2)8-3-5-9(11)6-4-8/h3-7,10,13H,12H2,1-2H3. The van der Waals surface area contributed by atoms with E-state index >= 15 is 0 Å². The van der Waals surface area contributed by atoms with Crippen molar-refractivity contribution in [3.63, 3.8) is 0 Å². The predicted octanol–water partition coefficient (Wildman–Crippen LogP) is 2.06. The van der Waals surface area contributed by atoms with Crippen LogP contribution in [0, 0.1) is 0 Å². The van der Waals surface area contributed by atoms with Gasteiger partial charge in [-0.25, -0.2) is 0 Å². The lowest BCUT2D eigenvalue weighted by Gasteiger charge is -2.20. The summed E-state index contributed by atoms with van der Waals surface area (Å²) < 4.78 is 1.09. The van der Waals surface area contributed by atoms with Gasteiger partial charge in [0.05, 0.1) is 0 Å². The van der Waals surface area contributed by atoms with Crippen LogP contribution in [0.1, 0.15) is 18.5 Å². The van der Waals surface area contributed by atoms with Crippen molar-refractivity contribution >= 4 is 15.9 Å². The fraction of sp³-hybridized carbons (Fsp3) is 0.400. The highest BCUT2D eigenvalue weighted by atomic mass is 79.9. The van der Waals surface area contributed by atoms with Gasteiger partial charge in [-0.2, -0.15) is 0 Å². The molecule has 0 saturated carbocycles. The van der Waals surface area contributed by atoms with Crippen LogP contribution in [0.25, 0.3) is 0 Å². The molecule has 2 atom stereocenters. The maximum absolute atomic E-state index is 5.84. The van der Waals surface area contributed by atoms with Crippen LogP contribution in [-0.4, -0.2) is 13.1 Å². The normalized spacial score (nSPS) is 15.4. The maximum Gasteiger partial charge on any atom is 0.0468 e. The molecule has 2 unspecified atom stereocenters. The molecule has 72 valence electrons. The van der Waals surface area contributed by atoms with E-state index in [0.717, 1.165) is 4.47 Å². The van der Waals surface area contributed by atoms with Crippen LogP contribution in [0.15, 0.2) is 28.7 Å². The van der Waals surface area contributed by atoms with Crippen LogP contribution in [0.2, 0.25) is 0 Å². The van der Waals surface area contributed by atoms with Crippen LogP contribution in [0.3, 0.4) is 0 Å². The Kier molecular flexibility index (Phi) is 3.90. The Labute approximate surface area is 87.6 Å². The molecule has 1 aromatic rings. The monoisotopic (exact) mass is 242 g/mol. The Morgan fingerprint density at radius 2 is 1.85 bits per heavy atom. The van der Waals surface area contributed by atoms with Gasteiger partial charge in [-0.15, -0.1) is 0 Å². The Morgan fingerprint density at radius 3 is 2.23 bits per heavy atom. The van der Waals surface area contributed by atoms with Gasteiger partial charge in [0.2, 0.25) is 0 Å². The number of likely N-dealkylation sites (N-methyl/N-ethyl adjacent to an activating group) is 1. The van der Waals surface area contributed by atoms with Gasteiger partial charge in [0.15, 0.2) is 0 Å². The first-order chi connectivity index (χ1) is 6.15.